The topological polar surface area (TPSA) is 0 Å². The minimum absolute atomic E-state index is 0. The summed E-state index contributed by atoms with van der Waals surface area (Å²) in [6.45, 7) is 16.9. The van der Waals surface area contributed by atoms with Gasteiger partial charge in [-0.2, -0.15) is 0 Å². The standard InChI is InChI=1S/C9H15Si.C9H13.2ClH.Hf/c1-10(2,3)8-9-6-4-5-7-9;1-6-5-7(2)9(4)8(6)3;;;/h4,6H,5,8H2,1-3H3;6H,1-4H3;2*1H;. The molecule has 0 amide bonds. The molecule has 0 saturated carbocycles. The first kappa shape index (κ1) is 22.6. The molecular formula is C18H30Cl2HfSi. The van der Waals surface area contributed by atoms with Crippen LogP contribution >= 0.6 is 24.8 Å². The van der Waals surface area contributed by atoms with Crippen molar-refractivity contribution in [2.45, 2.75) is 59.8 Å². The van der Waals surface area contributed by atoms with Crippen LogP contribution in [0, 0.1) is 5.92 Å². The van der Waals surface area contributed by atoms with E-state index in [4.69, 9.17) is 0 Å². The SMILES string of the molecule is CC1=C(C)C(C)[C]([Hf][C]2=C(C[Si](C)(C)C)C=CC2)=C1C.Cl.Cl. The zero-order chi connectivity index (χ0) is 15.1. The molecule has 0 fully saturated rings. The molecule has 0 bridgehead atoms. The molecule has 0 heterocycles. The summed E-state index contributed by atoms with van der Waals surface area (Å²) in [4.78, 5) is 0. The molecule has 2 rings (SSSR count). The molecule has 0 spiro atoms. The summed E-state index contributed by atoms with van der Waals surface area (Å²) in [6.07, 6.45) is 6.13. The normalized spacial score (nSPS) is 21.3. The maximum atomic E-state index is 2.50. The van der Waals surface area contributed by atoms with Gasteiger partial charge in [0.05, 0.1) is 0 Å². The van der Waals surface area contributed by atoms with Crippen LogP contribution in [0.1, 0.15) is 34.1 Å². The fourth-order valence-electron chi connectivity index (χ4n) is 3.15. The van der Waals surface area contributed by atoms with Crippen molar-refractivity contribution in [3.63, 3.8) is 0 Å². The van der Waals surface area contributed by atoms with E-state index in [-0.39, 0.29) is 24.8 Å². The minimum Gasteiger partial charge on any atom is -0.147 e. The summed E-state index contributed by atoms with van der Waals surface area (Å²) < 4.78 is 3.75. The fourth-order valence-corrected chi connectivity index (χ4v) is 11.3. The predicted molar refractivity (Wildman–Crippen MR) is 104 cm³/mol. The van der Waals surface area contributed by atoms with E-state index in [1.54, 1.807) is 22.3 Å². The predicted octanol–water partition coefficient (Wildman–Crippen LogP) is 6.72. The van der Waals surface area contributed by atoms with Gasteiger partial charge in [-0.1, -0.05) is 0 Å². The Balaban J connectivity index is 0.00000220. The maximum absolute atomic E-state index is 2.50. The van der Waals surface area contributed by atoms with Crippen LogP contribution in [-0.2, 0) is 22.9 Å². The molecule has 22 heavy (non-hydrogen) atoms. The Morgan fingerprint density at radius 2 is 1.68 bits per heavy atom. The molecule has 0 aromatic heterocycles. The Morgan fingerprint density at radius 3 is 2.14 bits per heavy atom. The van der Waals surface area contributed by atoms with E-state index in [1.807, 2.05) is 6.66 Å². The average Bonchev–Trinajstić information content (AvgIpc) is 2.83. The van der Waals surface area contributed by atoms with Crippen molar-refractivity contribution in [1.82, 2.24) is 0 Å². The van der Waals surface area contributed by atoms with Gasteiger partial charge in [0.25, 0.3) is 0 Å². The summed E-state index contributed by atoms with van der Waals surface area (Å²) >= 11 is -0.808. The van der Waals surface area contributed by atoms with Crippen molar-refractivity contribution in [2.24, 2.45) is 5.92 Å². The molecule has 1 atom stereocenters. The first-order valence-electron chi connectivity index (χ1n) is 7.75. The number of halogens is 2. The molecule has 0 radical (unpaired) electrons. The van der Waals surface area contributed by atoms with Crippen LogP contribution in [0.4, 0.5) is 0 Å². The second-order valence-corrected chi connectivity index (χ2v) is 18.0. The van der Waals surface area contributed by atoms with E-state index >= 15 is 0 Å². The van der Waals surface area contributed by atoms with Crippen LogP contribution in [0.2, 0.25) is 25.7 Å². The Morgan fingerprint density at radius 1 is 1.09 bits per heavy atom. The monoisotopic (exact) mass is 524 g/mol. The van der Waals surface area contributed by atoms with Gasteiger partial charge in [-0.15, -0.1) is 24.8 Å². The number of allylic oxidation sites excluding steroid dienone is 8. The molecule has 0 N–H and O–H groups in total. The minimum atomic E-state index is -0.985. The van der Waals surface area contributed by atoms with Gasteiger partial charge in [0.15, 0.2) is 0 Å². The molecule has 0 nitrogen and oxygen atoms in total. The Labute approximate surface area is 161 Å². The fraction of sp³-hybridized carbons (Fsp3) is 0.556. The van der Waals surface area contributed by atoms with Crippen molar-refractivity contribution in [2.75, 3.05) is 0 Å². The largest absolute Gasteiger partial charge is 0.147 e. The average molecular weight is 524 g/mol. The van der Waals surface area contributed by atoms with Crippen LogP contribution in [0.3, 0.4) is 0 Å². The Hall–Kier alpha value is 0.627. The van der Waals surface area contributed by atoms with Gasteiger partial charge in [-0.25, -0.2) is 0 Å². The van der Waals surface area contributed by atoms with Gasteiger partial charge in [-0.05, 0) is 0 Å². The Bertz CT molecular complexity index is 548. The van der Waals surface area contributed by atoms with Gasteiger partial charge < -0.3 is 0 Å². The third kappa shape index (κ3) is 5.06. The van der Waals surface area contributed by atoms with Crippen molar-refractivity contribution in [3.8, 4) is 0 Å². The van der Waals surface area contributed by atoms with Gasteiger partial charge in [-0.3, -0.25) is 0 Å². The molecule has 0 aliphatic heterocycles. The van der Waals surface area contributed by atoms with E-state index in [9.17, 15) is 0 Å². The van der Waals surface area contributed by atoms with Crippen LogP contribution in [0.15, 0.2) is 41.1 Å². The second-order valence-electron chi connectivity index (χ2n) is 7.54. The van der Waals surface area contributed by atoms with Gasteiger partial charge >= 0.3 is 138 Å². The summed E-state index contributed by atoms with van der Waals surface area (Å²) in [5.41, 5.74) is 6.59. The van der Waals surface area contributed by atoms with Crippen molar-refractivity contribution >= 4 is 32.9 Å². The van der Waals surface area contributed by atoms with Crippen LogP contribution < -0.4 is 0 Å². The summed E-state index contributed by atoms with van der Waals surface area (Å²) in [5, 5.41) is 0. The molecule has 2 aliphatic carbocycles. The quantitative estimate of drug-likeness (QED) is 0.359. The maximum Gasteiger partial charge on any atom is -0.147 e. The van der Waals surface area contributed by atoms with Crippen LogP contribution in [0.25, 0.3) is 0 Å². The zero-order valence-electron chi connectivity index (χ0n) is 15.0. The van der Waals surface area contributed by atoms with Crippen molar-refractivity contribution < 1.29 is 22.9 Å². The summed E-state index contributed by atoms with van der Waals surface area (Å²) in [7, 11) is -0.985. The summed E-state index contributed by atoms with van der Waals surface area (Å²) in [5.74, 6) is 0.736. The number of hydrogen-bond acceptors (Lipinski definition) is 0. The molecule has 0 aromatic rings. The number of hydrogen-bond donors (Lipinski definition) is 0. The van der Waals surface area contributed by atoms with Crippen LogP contribution in [0.5, 0.6) is 0 Å². The van der Waals surface area contributed by atoms with Crippen LogP contribution in [-0.4, -0.2) is 8.07 Å². The number of rotatable bonds is 4. The Kier molecular flexibility index (Phi) is 8.89. The van der Waals surface area contributed by atoms with Crippen molar-refractivity contribution in [3.05, 3.63) is 41.1 Å². The zero-order valence-corrected chi connectivity index (χ0v) is 21.2. The molecule has 2 aliphatic rings. The van der Waals surface area contributed by atoms with E-state index in [1.165, 1.54) is 12.5 Å². The van der Waals surface area contributed by atoms with E-state index in [0.717, 1.165) is 5.92 Å². The van der Waals surface area contributed by atoms with Gasteiger partial charge in [0.1, 0.15) is 0 Å². The van der Waals surface area contributed by atoms with Gasteiger partial charge in [0, 0.05) is 0 Å². The van der Waals surface area contributed by atoms with Crippen molar-refractivity contribution in [1.29, 1.82) is 0 Å². The summed E-state index contributed by atoms with van der Waals surface area (Å²) in [6, 6.07) is 1.39. The molecule has 0 saturated heterocycles. The second kappa shape index (κ2) is 8.64. The molecule has 0 aromatic carbocycles. The smallest absolute Gasteiger partial charge is 0.147 e. The third-order valence-corrected chi connectivity index (χ3v) is 13.0. The first-order valence-corrected chi connectivity index (χ1v) is 15.0. The van der Waals surface area contributed by atoms with E-state index < -0.39 is 31.0 Å². The van der Waals surface area contributed by atoms with E-state index in [0.29, 0.717) is 0 Å². The molecular weight excluding hydrogens is 494 g/mol. The molecule has 1 unspecified atom stereocenters. The van der Waals surface area contributed by atoms with E-state index in [2.05, 4.69) is 59.5 Å². The van der Waals surface area contributed by atoms with Gasteiger partial charge in [0.2, 0.25) is 0 Å². The third-order valence-electron chi connectivity index (χ3n) is 4.68. The molecule has 4 heteroatoms. The molecule has 124 valence electrons. The first-order chi connectivity index (χ1) is 9.20.